The van der Waals surface area contributed by atoms with Crippen molar-refractivity contribution in [2.24, 2.45) is 0 Å². The monoisotopic (exact) mass is 388 g/mol. The molecule has 2 heteroatoms. The van der Waals surface area contributed by atoms with Gasteiger partial charge in [0.1, 0.15) is 11.5 Å². The van der Waals surface area contributed by atoms with Crippen molar-refractivity contribution in [3.8, 4) is 11.5 Å². The van der Waals surface area contributed by atoms with Crippen LogP contribution in [0.25, 0.3) is 0 Å². The molecule has 0 aliphatic rings. The van der Waals surface area contributed by atoms with E-state index in [9.17, 15) is 0 Å². The third-order valence-corrected chi connectivity index (χ3v) is 5.22. The van der Waals surface area contributed by atoms with Crippen LogP contribution in [0.4, 0.5) is 0 Å². The average molecular weight is 389 g/mol. The Hall–Kier alpha value is -2.74. The molecule has 0 aliphatic heterocycles. The molecular weight excluding hydrogens is 356 g/mol. The van der Waals surface area contributed by atoms with Gasteiger partial charge in [-0.3, -0.25) is 0 Å². The van der Waals surface area contributed by atoms with Crippen LogP contribution in [0, 0.1) is 0 Å². The number of ether oxygens (including phenoxy) is 2. The number of methoxy groups -OCH3 is 1. The van der Waals surface area contributed by atoms with Crippen molar-refractivity contribution in [2.45, 2.75) is 51.6 Å². The summed E-state index contributed by atoms with van der Waals surface area (Å²) in [6.45, 7) is 4.11. The summed E-state index contributed by atoms with van der Waals surface area (Å²) in [4.78, 5) is 0. The van der Waals surface area contributed by atoms with Crippen molar-refractivity contribution in [3.05, 3.63) is 95.6 Å². The summed E-state index contributed by atoms with van der Waals surface area (Å²) in [5.74, 6) is 2.20. The zero-order valence-electron chi connectivity index (χ0n) is 17.8. The summed E-state index contributed by atoms with van der Waals surface area (Å²) in [5.41, 5.74) is 3.98. The summed E-state index contributed by atoms with van der Waals surface area (Å²) in [5, 5.41) is 0. The molecule has 0 N–H and O–H groups in total. The molecule has 3 rings (SSSR count). The molecule has 0 radical (unpaired) electrons. The Kier molecular flexibility index (Phi) is 7.75. The molecule has 3 aromatic rings. The van der Waals surface area contributed by atoms with E-state index >= 15 is 0 Å². The fourth-order valence-electron chi connectivity index (χ4n) is 3.83. The van der Waals surface area contributed by atoms with Gasteiger partial charge in [0.2, 0.25) is 0 Å². The van der Waals surface area contributed by atoms with Gasteiger partial charge in [-0.05, 0) is 62.4 Å². The largest absolute Gasteiger partial charge is 0.496 e. The van der Waals surface area contributed by atoms with Gasteiger partial charge >= 0.3 is 0 Å². The lowest BCUT2D eigenvalue weighted by Crippen LogP contribution is -2.07. The van der Waals surface area contributed by atoms with Gasteiger partial charge in [-0.15, -0.1) is 0 Å². The molecule has 2 nitrogen and oxygen atoms in total. The molecule has 0 fully saturated rings. The molecule has 0 amide bonds. The molecule has 1 unspecified atom stereocenters. The van der Waals surface area contributed by atoms with Crippen molar-refractivity contribution in [1.82, 2.24) is 0 Å². The van der Waals surface area contributed by atoms with Crippen LogP contribution in [0.15, 0.2) is 78.9 Å². The summed E-state index contributed by atoms with van der Waals surface area (Å²) in [6.07, 6.45) is 4.76. The molecule has 0 saturated heterocycles. The van der Waals surface area contributed by atoms with E-state index in [0.29, 0.717) is 5.92 Å². The van der Waals surface area contributed by atoms with Crippen LogP contribution >= 0.6 is 0 Å². The van der Waals surface area contributed by atoms with Crippen molar-refractivity contribution in [1.29, 1.82) is 0 Å². The van der Waals surface area contributed by atoms with Crippen molar-refractivity contribution in [2.75, 3.05) is 7.11 Å². The summed E-state index contributed by atoms with van der Waals surface area (Å²) in [7, 11) is 1.75. The Labute approximate surface area is 175 Å². The first kappa shape index (κ1) is 21.0. The van der Waals surface area contributed by atoms with E-state index in [4.69, 9.17) is 9.47 Å². The van der Waals surface area contributed by atoms with Gasteiger partial charge in [0.05, 0.1) is 13.2 Å². The van der Waals surface area contributed by atoms with E-state index in [0.717, 1.165) is 24.3 Å². The molecular formula is C27H32O2. The van der Waals surface area contributed by atoms with Crippen LogP contribution in [0.3, 0.4) is 0 Å². The van der Waals surface area contributed by atoms with E-state index in [1.165, 1.54) is 29.5 Å². The minimum absolute atomic E-state index is 0.184. The van der Waals surface area contributed by atoms with E-state index < -0.39 is 0 Å². The predicted molar refractivity (Wildman–Crippen MR) is 121 cm³/mol. The lowest BCUT2D eigenvalue weighted by atomic mass is 9.86. The highest BCUT2D eigenvalue weighted by Gasteiger charge is 2.18. The third kappa shape index (κ3) is 6.12. The zero-order valence-corrected chi connectivity index (χ0v) is 17.8. The highest BCUT2D eigenvalue weighted by atomic mass is 16.5. The topological polar surface area (TPSA) is 18.5 Å². The highest BCUT2D eigenvalue weighted by molar-refractivity contribution is 5.43. The first-order valence-electron chi connectivity index (χ1n) is 10.6. The van der Waals surface area contributed by atoms with Gasteiger partial charge in [0.15, 0.2) is 0 Å². The number of aryl methyl sites for hydroxylation is 1. The average Bonchev–Trinajstić information content (AvgIpc) is 2.75. The second-order valence-electron chi connectivity index (χ2n) is 7.76. The Balaban J connectivity index is 1.74. The fourth-order valence-corrected chi connectivity index (χ4v) is 3.83. The van der Waals surface area contributed by atoms with E-state index in [1.54, 1.807) is 7.11 Å². The lowest BCUT2D eigenvalue weighted by Gasteiger charge is -2.21. The molecule has 0 aromatic heterocycles. The number of hydrogen-bond acceptors (Lipinski definition) is 2. The molecule has 0 heterocycles. The van der Waals surface area contributed by atoms with Crippen LogP contribution in [0.2, 0.25) is 0 Å². The van der Waals surface area contributed by atoms with E-state index in [-0.39, 0.29) is 6.10 Å². The standard InChI is InChI=1S/C27H32O2/c1-21(2)29-24-19-17-23(18-20-24)25(26-15-9-10-16-27(26)28-3)14-8-7-13-22-11-5-4-6-12-22/h4-6,9-12,15-21,25H,7-8,13-14H2,1-3H3. The van der Waals surface area contributed by atoms with Crippen molar-refractivity contribution in [3.63, 3.8) is 0 Å². The molecule has 152 valence electrons. The third-order valence-electron chi connectivity index (χ3n) is 5.22. The summed E-state index contributed by atoms with van der Waals surface area (Å²) >= 11 is 0. The van der Waals surface area contributed by atoms with Crippen LogP contribution in [-0.4, -0.2) is 13.2 Å². The smallest absolute Gasteiger partial charge is 0.122 e. The maximum Gasteiger partial charge on any atom is 0.122 e. The first-order valence-corrected chi connectivity index (χ1v) is 10.6. The van der Waals surface area contributed by atoms with Gasteiger partial charge in [-0.25, -0.2) is 0 Å². The number of hydrogen-bond donors (Lipinski definition) is 0. The molecule has 0 aliphatic carbocycles. The van der Waals surface area contributed by atoms with E-state index in [1.807, 2.05) is 6.07 Å². The number of para-hydroxylation sites is 1. The molecule has 3 aromatic carbocycles. The Morgan fingerprint density at radius 1 is 0.759 bits per heavy atom. The Morgan fingerprint density at radius 3 is 2.14 bits per heavy atom. The normalized spacial score (nSPS) is 12.0. The molecule has 0 saturated carbocycles. The van der Waals surface area contributed by atoms with Crippen molar-refractivity contribution < 1.29 is 9.47 Å². The van der Waals surface area contributed by atoms with Crippen LogP contribution in [0.1, 0.15) is 55.7 Å². The highest BCUT2D eigenvalue weighted by Crippen LogP contribution is 2.36. The van der Waals surface area contributed by atoms with Gasteiger partial charge in [0.25, 0.3) is 0 Å². The minimum atomic E-state index is 0.184. The minimum Gasteiger partial charge on any atom is -0.496 e. The summed E-state index contributed by atoms with van der Waals surface area (Å²) < 4.78 is 11.5. The van der Waals surface area contributed by atoms with Crippen LogP contribution < -0.4 is 9.47 Å². The Morgan fingerprint density at radius 2 is 1.45 bits per heavy atom. The van der Waals surface area contributed by atoms with Gasteiger partial charge in [-0.1, -0.05) is 67.1 Å². The van der Waals surface area contributed by atoms with Gasteiger partial charge in [-0.2, -0.15) is 0 Å². The predicted octanol–water partition coefficient (Wildman–Crippen LogP) is 7.03. The summed E-state index contributed by atoms with van der Waals surface area (Å²) in [6, 6.07) is 27.7. The van der Waals surface area contributed by atoms with Gasteiger partial charge in [0, 0.05) is 11.5 Å². The SMILES string of the molecule is COc1ccccc1C(CCCCc1ccccc1)c1ccc(OC(C)C)cc1. The van der Waals surface area contributed by atoms with E-state index in [2.05, 4.69) is 86.6 Å². The van der Waals surface area contributed by atoms with Gasteiger partial charge < -0.3 is 9.47 Å². The molecule has 1 atom stereocenters. The second kappa shape index (κ2) is 10.7. The van der Waals surface area contributed by atoms with Crippen LogP contribution in [-0.2, 0) is 6.42 Å². The zero-order chi connectivity index (χ0) is 20.5. The molecule has 0 bridgehead atoms. The quantitative estimate of drug-likeness (QED) is 0.347. The second-order valence-corrected chi connectivity index (χ2v) is 7.76. The van der Waals surface area contributed by atoms with Crippen molar-refractivity contribution >= 4 is 0 Å². The Bertz CT molecular complexity index is 853. The molecule has 0 spiro atoms. The maximum atomic E-state index is 5.82. The fraction of sp³-hybridized carbons (Fsp3) is 0.333. The number of benzene rings is 3. The molecule has 29 heavy (non-hydrogen) atoms. The number of rotatable bonds is 10. The first-order chi connectivity index (χ1) is 14.2. The number of unbranched alkanes of at least 4 members (excludes halogenated alkanes) is 1. The lowest BCUT2D eigenvalue weighted by molar-refractivity contribution is 0.242. The van der Waals surface area contributed by atoms with Crippen LogP contribution in [0.5, 0.6) is 11.5 Å². The maximum absolute atomic E-state index is 5.82.